The van der Waals surface area contributed by atoms with Crippen LogP contribution >= 0.6 is 15.9 Å². The Labute approximate surface area is 118 Å². The van der Waals surface area contributed by atoms with E-state index < -0.39 is 11.9 Å². The Bertz CT molecular complexity index is 638. The van der Waals surface area contributed by atoms with Crippen LogP contribution in [0.15, 0.2) is 16.6 Å². The van der Waals surface area contributed by atoms with Gasteiger partial charge in [0.2, 0.25) is 0 Å². The number of rotatable bonds is 3. The molecule has 2 rings (SSSR count). The molecule has 2 aromatic rings. The number of aryl methyl sites for hydroxylation is 2. The Morgan fingerprint density at radius 3 is 2.79 bits per heavy atom. The molecule has 0 aliphatic heterocycles. The van der Waals surface area contributed by atoms with Crippen LogP contribution in [0.2, 0.25) is 0 Å². The number of halogens is 1. The number of pyridine rings is 1. The highest BCUT2D eigenvalue weighted by molar-refractivity contribution is 9.10. The van der Waals surface area contributed by atoms with Gasteiger partial charge < -0.3 is 5.32 Å². The van der Waals surface area contributed by atoms with Crippen molar-refractivity contribution >= 4 is 33.3 Å². The second-order valence-corrected chi connectivity index (χ2v) is 5.20. The first-order valence-corrected chi connectivity index (χ1v) is 6.59. The van der Waals surface area contributed by atoms with Gasteiger partial charge in [-0.25, -0.2) is 10.5 Å². The van der Waals surface area contributed by atoms with Gasteiger partial charge in [0.15, 0.2) is 0 Å². The topological polar surface area (TPSA) is 78.7 Å². The number of fused-ring (bicyclic) bond motifs is 1. The zero-order chi connectivity index (χ0) is 14.2. The van der Waals surface area contributed by atoms with E-state index in [9.17, 15) is 4.79 Å². The molecule has 0 radical (unpaired) electrons. The highest BCUT2D eigenvalue weighted by atomic mass is 79.9. The minimum Gasteiger partial charge on any atom is -0.358 e. The predicted octanol–water partition coefficient (Wildman–Crippen LogP) is 2.02. The lowest BCUT2D eigenvalue weighted by atomic mass is 10.3. The number of hydrogen-bond acceptors (Lipinski definition) is 4. The van der Waals surface area contributed by atoms with Crippen molar-refractivity contribution in [3.05, 3.63) is 28.0 Å². The molecule has 0 aliphatic rings. The molecule has 2 heterocycles. The maximum atomic E-state index is 11.4. The van der Waals surface area contributed by atoms with Crippen molar-refractivity contribution in [2.45, 2.75) is 26.8 Å². The number of anilines is 1. The minimum atomic E-state index is -0.568. The summed E-state index contributed by atoms with van der Waals surface area (Å²) in [6.45, 7) is 5.49. The number of nitrogens with zero attached hydrogens (tertiary/aromatic N) is 2. The van der Waals surface area contributed by atoms with E-state index in [0.29, 0.717) is 0 Å². The van der Waals surface area contributed by atoms with Gasteiger partial charge in [-0.15, -0.1) is 0 Å². The molecule has 19 heavy (non-hydrogen) atoms. The van der Waals surface area contributed by atoms with Crippen molar-refractivity contribution in [1.82, 2.24) is 14.9 Å². The number of hydrogen-bond donors (Lipinski definition) is 3. The fraction of sp³-hybridized carbons (Fsp3) is 0.333. The van der Waals surface area contributed by atoms with Crippen LogP contribution < -0.4 is 10.8 Å². The van der Waals surface area contributed by atoms with Gasteiger partial charge in [-0.2, -0.15) is 0 Å². The predicted molar refractivity (Wildman–Crippen MR) is 75.4 cm³/mol. The lowest BCUT2D eigenvalue weighted by Crippen LogP contribution is -2.36. The normalized spacial score (nSPS) is 12.5. The van der Waals surface area contributed by atoms with Gasteiger partial charge in [0.1, 0.15) is 17.5 Å². The fourth-order valence-corrected chi connectivity index (χ4v) is 2.22. The second kappa shape index (κ2) is 5.18. The summed E-state index contributed by atoms with van der Waals surface area (Å²) in [5.74, 6) is 0.242. The Morgan fingerprint density at radius 1 is 1.47 bits per heavy atom. The van der Waals surface area contributed by atoms with Gasteiger partial charge in [0.05, 0.1) is 5.69 Å². The van der Waals surface area contributed by atoms with Crippen LogP contribution in [0, 0.1) is 13.8 Å². The van der Waals surface area contributed by atoms with E-state index in [0.717, 1.165) is 27.3 Å². The van der Waals surface area contributed by atoms with E-state index in [4.69, 9.17) is 5.21 Å². The summed E-state index contributed by atoms with van der Waals surface area (Å²) in [6.07, 6.45) is 0. The molecule has 0 aromatic carbocycles. The van der Waals surface area contributed by atoms with Gasteiger partial charge in [0.25, 0.3) is 5.91 Å². The number of hydroxylamine groups is 1. The standard InChI is InChI=1S/C12H15BrN4O2/c1-6-11(15-7(2)12(18)16-19)17-8(3)9(13)4-5-10(17)14-6/h4-5,7,15,19H,1-3H3,(H,16,18). The highest BCUT2D eigenvalue weighted by Crippen LogP contribution is 2.25. The Hall–Kier alpha value is -1.60. The summed E-state index contributed by atoms with van der Waals surface area (Å²) in [5, 5.41) is 11.7. The van der Waals surface area contributed by atoms with Crippen LogP contribution in [-0.4, -0.2) is 26.5 Å². The average molecular weight is 327 g/mol. The van der Waals surface area contributed by atoms with Gasteiger partial charge in [-0.3, -0.25) is 14.4 Å². The first-order valence-electron chi connectivity index (χ1n) is 5.80. The number of carbonyl (C=O) groups is 1. The first-order chi connectivity index (χ1) is 8.95. The van der Waals surface area contributed by atoms with E-state index in [1.165, 1.54) is 0 Å². The fourth-order valence-electron chi connectivity index (χ4n) is 1.91. The molecule has 0 aliphatic carbocycles. The first kappa shape index (κ1) is 13.8. The minimum absolute atomic E-state index is 0.498. The van der Waals surface area contributed by atoms with E-state index in [1.54, 1.807) is 12.4 Å². The van der Waals surface area contributed by atoms with Gasteiger partial charge in [-0.05, 0) is 48.8 Å². The van der Waals surface area contributed by atoms with Crippen molar-refractivity contribution in [2.24, 2.45) is 0 Å². The number of amides is 1. The molecule has 0 fully saturated rings. The second-order valence-electron chi connectivity index (χ2n) is 4.35. The Balaban J connectivity index is 2.51. The summed E-state index contributed by atoms with van der Waals surface area (Å²) < 4.78 is 2.89. The van der Waals surface area contributed by atoms with E-state index in [1.807, 2.05) is 30.4 Å². The van der Waals surface area contributed by atoms with Crippen LogP contribution in [0.5, 0.6) is 0 Å². The molecular formula is C12H15BrN4O2. The monoisotopic (exact) mass is 326 g/mol. The molecule has 3 N–H and O–H groups in total. The summed E-state index contributed by atoms with van der Waals surface area (Å²) in [7, 11) is 0. The van der Waals surface area contributed by atoms with Crippen molar-refractivity contribution in [3.8, 4) is 0 Å². The SMILES string of the molecule is Cc1nc2ccc(Br)c(C)n2c1NC(C)C(=O)NO. The summed E-state index contributed by atoms with van der Waals surface area (Å²) >= 11 is 3.47. The lowest BCUT2D eigenvalue weighted by molar-refractivity contribution is -0.129. The third-order valence-corrected chi connectivity index (χ3v) is 3.83. The molecule has 1 amide bonds. The number of nitrogens with one attached hydrogen (secondary N) is 2. The molecule has 6 nitrogen and oxygen atoms in total. The lowest BCUT2D eigenvalue weighted by Gasteiger charge is -2.15. The van der Waals surface area contributed by atoms with Gasteiger partial charge in [-0.1, -0.05) is 0 Å². The third kappa shape index (κ3) is 2.43. The summed E-state index contributed by atoms with van der Waals surface area (Å²) in [4.78, 5) is 15.8. The average Bonchev–Trinajstić information content (AvgIpc) is 2.70. The number of imidazole rings is 1. The van der Waals surface area contributed by atoms with Crippen molar-refractivity contribution in [3.63, 3.8) is 0 Å². The molecule has 2 aromatic heterocycles. The highest BCUT2D eigenvalue weighted by Gasteiger charge is 2.17. The van der Waals surface area contributed by atoms with E-state index in [2.05, 4.69) is 26.2 Å². The summed E-state index contributed by atoms with van der Waals surface area (Å²) in [5.41, 5.74) is 4.21. The van der Waals surface area contributed by atoms with Crippen LogP contribution in [0.3, 0.4) is 0 Å². The van der Waals surface area contributed by atoms with Crippen LogP contribution in [0.4, 0.5) is 5.82 Å². The molecule has 1 unspecified atom stereocenters. The molecule has 0 saturated carbocycles. The quantitative estimate of drug-likeness (QED) is 0.595. The van der Waals surface area contributed by atoms with Crippen molar-refractivity contribution in [1.29, 1.82) is 0 Å². The smallest absolute Gasteiger partial charge is 0.265 e. The van der Waals surface area contributed by atoms with E-state index in [-0.39, 0.29) is 0 Å². The largest absolute Gasteiger partial charge is 0.358 e. The zero-order valence-corrected chi connectivity index (χ0v) is 12.4. The van der Waals surface area contributed by atoms with Crippen molar-refractivity contribution < 1.29 is 10.0 Å². The molecule has 7 heteroatoms. The molecular weight excluding hydrogens is 312 g/mol. The van der Waals surface area contributed by atoms with Crippen LogP contribution in [0.1, 0.15) is 18.3 Å². The molecule has 0 spiro atoms. The molecule has 0 bridgehead atoms. The molecule has 102 valence electrons. The van der Waals surface area contributed by atoms with Gasteiger partial charge in [0, 0.05) is 10.2 Å². The zero-order valence-electron chi connectivity index (χ0n) is 10.9. The maximum Gasteiger partial charge on any atom is 0.265 e. The number of carbonyl (C=O) groups excluding carboxylic acids is 1. The van der Waals surface area contributed by atoms with Gasteiger partial charge >= 0.3 is 0 Å². The van der Waals surface area contributed by atoms with Crippen LogP contribution in [-0.2, 0) is 4.79 Å². The molecule has 0 saturated heterocycles. The Kier molecular flexibility index (Phi) is 3.77. The van der Waals surface area contributed by atoms with E-state index >= 15 is 0 Å². The molecule has 1 atom stereocenters. The Morgan fingerprint density at radius 2 is 2.16 bits per heavy atom. The maximum absolute atomic E-state index is 11.4. The third-order valence-electron chi connectivity index (χ3n) is 2.99. The van der Waals surface area contributed by atoms with Crippen molar-refractivity contribution in [2.75, 3.05) is 5.32 Å². The summed E-state index contributed by atoms with van der Waals surface area (Å²) in [6, 6.07) is 3.26. The number of aromatic nitrogens is 2. The van der Waals surface area contributed by atoms with Crippen LogP contribution in [0.25, 0.3) is 5.65 Å².